The van der Waals surface area contributed by atoms with Gasteiger partial charge in [-0.1, -0.05) is 33.6 Å². The molecule has 1 nitrogen and oxygen atoms in total. The number of halogens is 4. The number of carbonyl (C=O) groups is 1. The van der Waals surface area contributed by atoms with Gasteiger partial charge in [0.1, 0.15) is 11.6 Å². The van der Waals surface area contributed by atoms with E-state index in [-0.39, 0.29) is 5.56 Å². The maximum Gasteiger partial charge on any atom is 0.199 e. The Labute approximate surface area is 116 Å². The van der Waals surface area contributed by atoms with E-state index in [0.29, 0.717) is 9.50 Å². The first kappa shape index (κ1) is 13.2. The molecule has 0 spiro atoms. The van der Waals surface area contributed by atoms with E-state index in [9.17, 15) is 13.6 Å². The highest BCUT2D eigenvalue weighted by Gasteiger charge is 2.19. The number of ketones is 1. The predicted octanol–water partition coefficient (Wildman–Crippen LogP) is 4.61. The smallest absolute Gasteiger partial charge is 0.199 e. The second kappa shape index (κ2) is 5.16. The molecule has 2 rings (SSSR count). The third-order valence-electron chi connectivity index (χ3n) is 2.31. The van der Waals surface area contributed by atoms with Crippen molar-refractivity contribution in [2.24, 2.45) is 0 Å². The Hall–Kier alpha value is -1.26. The van der Waals surface area contributed by atoms with Gasteiger partial charge >= 0.3 is 0 Å². The maximum absolute atomic E-state index is 13.5. The van der Waals surface area contributed by atoms with Crippen LogP contribution in [0.4, 0.5) is 8.78 Å². The van der Waals surface area contributed by atoms with E-state index in [1.807, 2.05) is 0 Å². The van der Waals surface area contributed by atoms with Crippen molar-refractivity contribution in [2.75, 3.05) is 0 Å². The summed E-state index contributed by atoms with van der Waals surface area (Å²) in [6, 6.07) is 7.68. The van der Waals surface area contributed by atoms with Crippen molar-refractivity contribution in [3.63, 3.8) is 0 Å². The molecule has 0 amide bonds. The molecule has 18 heavy (non-hydrogen) atoms. The number of hydrogen-bond donors (Lipinski definition) is 0. The Morgan fingerprint density at radius 3 is 2.28 bits per heavy atom. The first-order valence-corrected chi connectivity index (χ1v) is 6.11. The topological polar surface area (TPSA) is 17.1 Å². The third kappa shape index (κ3) is 2.60. The Morgan fingerprint density at radius 2 is 1.72 bits per heavy atom. The van der Waals surface area contributed by atoms with Gasteiger partial charge in [-0.3, -0.25) is 4.79 Å². The number of carbonyl (C=O) groups excluding carboxylic acids is 1. The molecule has 5 heteroatoms. The van der Waals surface area contributed by atoms with E-state index in [4.69, 9.17) is 11.6 Å². The van der Waals surface area contributed by atoms with E-state index in [2.05, 4.69) is 15.9 Å². The quantitative estimate of drug-likeness (QED) is 0.734. The second-order valence-electron chi connectivity index (χ2n) is 3.58. The summed E-state index contributed by atoms with van der Waals surface area (Å²) < 4.78 is 27.5. The van der Waals surface area contributed by atoms with Crippen molar-refractivity contribution in [3.8, 4) is 0 Å². The van der Waals surface area contributed by atoms with Crippen LogP contribution in [0.3, 0.4) is 0 Å². The molecule has 0 aromatic heterocycles. The molecule has 0 aliphatic carbocycles. The number of rotatable bonds is 2. The zero-order valence-electron chi connectivity index (χ0n) is 8.88. The lowest BCUT2D eigenvalue weighted by Gasteiger charge is -2.05. The van der Waals surface area contributed by atoms with Gasteiger partial charge in [0.2, 0.25) is 0 Å². The van der Waals surface area contributed by atoms with Crippen LogP contribution in [0.25, 0.3) is 0 Å². The summed E-state index contributed by atoms with van der Waals surface area (Å²) in [6.07, 6.45) is 0. The second-order valence-corrected chi connectivity index (χ2v) is 4.94. The summed E-state index contributed by atoms with van der Waals surface area (Å²) in [6.45, 7) is 0. The highest BCUT2D eigenvalue weighted by atomic mass is 79.9. The fourth-order valence-electron chi connectivity index (χ4n) is 1.54. The minimum atomic E-state index is -0.893. The molecule has 0 saturated carbocycles. The van der Waals surface area contributed by atoms with Crippen LogP contribution in [0.5, 0.6) is 0 Å². The van der Waals surface area contributed by atoms with Gasteiger partial charge in [-0.2, -0.15) is 0 Å². The van der Waals surface area contributed by atoms with Gasteiger partial charge in [-0.05, 0) is 30.3 Å². The summed E-state index contributed by atoms with van der Waals surface area (Å²) >= 11 is 8.96. The van der Waals surface area contributed by atoms with E-state index in [0.717, 1.165) is 12.1 Å². The Kier molecular flexibility index (Phi) is 3.78. The molecular formula is C13H6BrClF2O. The third-order valence-corrected chi connectivity index (χ3v) is 2.99. The molecule has 2 aromatic rings. The first-order chi connectivity index (χ1) is 8.49. The van der Waals surface area contributed by atoms with Gasteiger partial charge < -0.3 is 0 Å². The molecule has 0 N–H and O–H groups in total. The van der Waals surface area contributed by atoms with E-state index >= 15 is 0 Å². The van der Waals surface area contributed by atoms with E-state index in [1.54, 1.807) is 6.07 Å². The van der Waals surface area contributed by atoms with Crippen molar-refractivity contribution >= 4 is 33.3 Å². The summed E-state index contributed by atoms with van der Waals surface area (Å²) in [5.74, 6) is -2.53. The summed E-state index contributed by atoms with van der Waals surface area (Å²) in [7, 11) is 0. The van der Waals surface area contributed by atoms with Crippen molar-refractivity contribution in [3.05, 3.63) is 68.7 Å². The van der Waals surface area contributed by atoms with Gasteiger partial charge in [-0.25, -0.2) is 8.78 Å². The number of hydrogen-bond acceptors (Lipinski definition) is 1. The van der Waals surface area contributed by atoms with Gasteiger partial charge in [0.05, 0.1) is 5.56 Å². The SMILES string of the molecule is O=C(c1cc(Cl)cc(Br)c1)c1c(F)cccc1F. The Morgan fingerprint density at radius 1 is 1.11 bits per heavy atom. The van der Waals surface area contributed by atoms with Crippen LogP contribution >= 0.6 is 27.5 Å². The summed E-state index contributed by atoms with van der Waals surface area (Å²) in [4.78, 5) is 12.0. The van der Waals surface area contributed by atoms with Crippen LogP contribution < -0.4 is 0 Å². The Bertz CT molecular complexity index is 588. The molecule has 0 heterocycles. The molecule has 0 radical (unpaired) electrons. The molecule has 0 fully saturated rings. The van der Waals surface area contributed by atoms with Crippen LogP contribution in [0.2, 0.25) is 5.02 Å². The van der Waals surface area contributed by atoms with Gasteiger partial charge in [0, 0.05) is 15.1 Å². The molecule has 0 atom stereocenters. The molecule has 0 unspecified atom stereocenters. The highest BCUT2D eigenvalue weighted by molar-refractivity contribution is 9.10. The van der Waals surface area contributed by atoms with Crippen LogP contribution in [0.1, 0.15) is 15.9 Å². The molecule has 0 aliphatic rings. The lowest BCUT2D eigenvalue weighted by Crippen LogP contribution is -2.07. The lowest BCUT2D eigenvalue weighted by molar-refractivity contribution is 0.103. The minimum Gasteiger partial charge on any atom is -0.288 e. The molecule has 2 aromatic carbocycles. The Balaban J connectivity index is 2.55. The van der Waals surface area contributed by atoms with Crippen molar-refractivity contribution in [1.82, 2.24) is 0 Å². The van der Waals surface area contributed by atoms with E-state index < -0.39 is 23.0 Å². The lowest BCUT2D eigenvalue weighted by atomic mass is 10.0. The zero-order valence-corrected chi connectivity index (χ0v) is 11.2. The summed E-state index contributed by atoms with van der Waals surface area (Å²) in [5, 5.41) is 0.310. The first-order valence-electron chi connectivity index (χ1n) is 4.94. The fourth-order valence-corrected chi connectivity index (χ4v) is 2.40. The molecule has 0 aliphatic heterocycles. The van der Waals surface area contributed by atoms with Crippen molar-refractivity contribution in [2.45, 2.75) is 0 Å². The molecule has 0 bridgehead atoms. The van der Waals surface area contributed by atoms with Crippen LogP contribution in [-0.2, 0) is 0 Å². The molecular weight excluding hydrogens is 325 g/mol. The normalized spacial score (nSPS) is 10.4. The van der Waals surface area contributed by atoms with Crippen LogP contribution in [0, 0.1) is 11.6 Å². The van der Waals surface area contributed by atoms with Gasteiger partial charge in [0.15, 0.2) is 5.78 Å². The minimum absolute atomic E-state index is 0.123. The number of benzene rings is 2. The largest absolute Gasteiger partial charge is 0.288 e. The van der Waals surface area contributed by atoms with Gasteiger partial charge in [0.25, 0.3) is 0 Å². The average Bonchev–Trinajstić information content (AvgIpc) is 2.27. The average molecular weight is 332 g/mol. The molecule has 92 valence electrons. The fraction of sp³-hybridized carbons (Fsp3) is 0. The monoisotopic (exact) mass is 330 g/mol. The van der Waals surface area contributed by atoms with E-state index in [1.165, 1.54) is 18.2 Å². The van der Waals surface area contributed by atoms with Crippen molar-refractivity contribution < 1.29 is 13.6 Å². The van der Waals surface area contributed by atoms with Gasteiger partial charge in [-0.15, -0.1) is 0 Å². The van der Waals surface area contributed by atoms with Crippen molar-refractivity contribution in [1.29, 1.82) is 0 Å². The van der Waals surface area contributed by atoms with Crippen LogP contribution in [0.15, 0.2) is 40.9 Å². The predicted molar refractivity (Wildman–Crippen MR) is 68.9 cm³/mol. The highest BCUT2D eigenvalue weighted by Crippen LogP contribution is 2.23. The maximum atomic E-state index is 13.5. The standard InChI is InChI=1S/C13H6BrClF2O/c14-8-4-7(5-9(15)6-8)13(18)12-10(16)2-1-3-11(12)17/h1-6H. The molecule has 0 saturated heterocycles. The summed E-state index contributed by atoms with van der Waals surface area (Å²) in [5.41, 5.74) is -0.454. The zero-order chi connectivity index (χ0) is 13.3. The van der Waals surface area contributed by atoms with Crippen LogP contribution in [-0.4, -0.2) is 5.78 Å².